The zero-order valence-corrected chi connectivity index (χ0v) is 19.3. The summed E-state index contributed by atoms with van der Waals surface area (Å²) in [4.78, 5) is 7.97. The second-order valence-electron chi connectivity index (χ2n) is 7.63. The highest BCUT2D eigenvalue weighted by Crippen LogP contribution is 2.37. The second kappa shape index (κ2) is 12.1. The molecule has 1 heterocycles. The molecule has 2 aromatic carbocycles. The van der Waals surface area contributed by atoms with Crippen molar-refractivity contribution in [3.63, 3.8) is 0 Å². The third-order valence-corrected chi connectivity index (χ3v) is 4.87. The molecule has 3 aromatic rings. The van der Waals surface area contributed by atoms with Crippen LogP contribution in [0.3, 0.4) is 0 Å². The molecule has 0 spiro atoms. The molecule has 2 N–H and O–H groups in total. The van der Waals surface area contributed by atoms with Gasteiger partial charge in [0.05, 0.1) is 18.9 Å². The Morgan fingerprint density at radius 1 is 0.853 bits per heavy atom. The number of hydrogen-bond donors (Lipinski definition) is 2. The fraction of sp³-hybridized carbons (Fsp3) is 0.360. The number of rotatable bonds is 12. The molecule has 0 aliphatic heterocycles. The first-order valence-electron chi connectivity index (χ1n) is 11.3. The number of nitrogens with zero attached hydrogens (tertiary/aromatic N) is 2. The normalized spacial score (nSPS) is 11.2. The number of nitrogens with one attached hydrogen (secondary N) is 2. The number of benzene rings is 2. The molecule has 0 unspecified atom stereocenters. The summed E-state index contributed by atoms with van der Waals surface area (Å²) in [5, 5.41) is 5.73. The van der Waals surface area contributed by atoms with E-state index in [0.717, 1.165) is 37.6 Å². The summed E-state index contributed by atoms with van der Waals surface area (Å²) in [6.07, 6.45) is -0.0813. The smallest absolute Gasteiger partial charge is 0.421 e. The largest absolute Gasteiger partial charge is 0.494 e. The highest BCUT2D eigenvalue weighted by atomic mass is 19.4. The number of alkyl halides is 3. The van der Waals surface area contributed by atoms with Crippen LogP contribution < -0.4 is 20.1 Å². The Hall–Kier alpha value is -3.49. The summed E-state index contributed by atoms with van der Waals surface area (Å²) in [5.74, 6) is 0.834. The molecule has 0 amide bonds. The van der Waals surface area contributed by atoms with Gasteiger partial charge in [0, 0.05) is 11.9 Å². The fourth-order valence-corrected chi connectivity index (χ4v) is 2.99. The van der Waals surface area contributed by atoms with E-state index in [9.17, 15) is 13.2 Å². The van der Waals surface area contributed by atoms with Crippen LogP contribution >= 0.6 is 0 Å². The highest BCUT2D eigenvalue weighted by molar-refractivity contribution is 5.67. The number of anilines is 4. The minimum atomic E-state index is -4.63. The first-order chi connectivity index (χ1) is 16.4. The standard InChI is InChI=1S/C25H29F3N4O2/c1-3-5-15-33-19-13-11-18(12-14-19)30-24-29-17-20(25(26,27)28)23(32-24)31-21-9-7-8-10-22(21)34-16-6-4-2/h7-14,17H,3-6,15-16H2,1-2H3,(H2,29,30,31,32). The predicted octanol–water partition coefficient (Wildman–Crippen LogP) is 7.34. The monoisotopic (exact) mass is 474 g/mol. The van der Waals surface area contributed by atoms with Crippen molar-refractivity contribution in [2.45, 2.75) is 45.7 Å². The molecule has 0 saturated carbocycles. The zero-order chi connectivity index (χ0) is 24.4. The minimum Gasteiger partial charge on any atom is -0.494 e. The lowest BCUT2D eigenvalue weighted by Crippen LogP contribution is -2.13. The van der Waals surface area contributed by atoms with E-state index < -0.39 is 11.7 Å². The molecule has 9 heteroatoms. The van der Waals surface area contributed by atoms with Crippen molar-refractivity contribution in [1.29, 1.82) is 0 Å². The van der Waals surface area contributed by atoms with Crippen molar-refractivity contribution in [2.75, 3.05) is 23.8 Å². The van der Waals surface area contributed by atoms with E-state index in [0.29, 0.717) is 30.3 Å². The van der Waals surface area contributed by atoms with Gasteiger partial charge in [0.1, 0.15) is 22.9 Å². The van der Waals surface area contributed by atoms with Crippen LogP contribution in [0.15, 0.2) is 54.7 Å². The first kappa shape index (κ1) is 25.1. The van der Waals surface area contributed by atoms with Crippen molar-refractivity contribution in [3.8, 4) is 11.5 Å². The van der Waals surface area contributed by atoms with Gasteiger partial charge in [0.2, 0.25) is 5.95 Å². The highest BCUT2D eigenvalue weighted by Gasteiger charge is 2.35. The number of hydrogen-bond acceptors (Lipinski definition) is 6. The van der Waals surface area contributed by atoms with Gasteiger partial charge in [-0.2, -0.15) is 18.2 Å². The van der Waals surface area contributed by atoms with E-state index >= 15 is 0 Å². The number of halogens is 3. The maximum atomic E-state index is 13.6. The van der Waals surface area contributed by atoms with Crippen molar-refractivity contribution >= 4 is 23.1 Å². The van der Waals surface area contributed by atoms with E-state index in [4.69, 9.17) is 9.47 Å². The van der Waals surface area contributed by atoms with E-state index in [1.54, 1.807) is 48.5 Å². The molecule has 3 rings (SSSR count). The molecule has 6 nitrogen and oxygen atoms in total. The van der Waals surface area contributed by atoms with E-state index in [-0.39, 0.29) is 11.8 Å². The average Bonchev–Trinajstić information content (AvgIpc) is 2.81. The predicted molar refractivity (Wildman–Crippen MR) is 127 cm³/mol. The first-order valence-corrected chi connectivity index (χ1v) is 11.3. The molecule has 0 aliphatic rings. The van der Waals surface area contributed by atoms with Crippen LogP contribution in [0.1, 0.15) is 45.1 Å². The summed E-state index contributed by atoms with van der Waals surface area (Å²) in [6.45, 7) is 5.22. The van der Waals surface area contributed by atoms with Crippen molar-refractivity contribution in [2.24, 2.45) is 0 Å². The molecule has 0 radical (unpaired) electrons. The summed E-state index contributed by atoms with van der Waals surface area (Å²) in [5.41, 5.74) is 0.0419. The van der Waals surface area contributed by atoms with E-state index in [1.807, 2.05) is 6.92 Å². The van der Waals surface area contributed by atoms with Crippen LogP contribution in [-0.2, 0) is 6.18 Å². The number of unbranched alkanes of at least 4 members (excludes halogenated alkanes) is 2. The van der Waals surface area contributed by atoms with Gasteiger partial charge >= 0.3 is 6.18 Å². The maximum Gasteiger partial charge on any atom is 0.421 e. The van der Waals surface area contributed by atoms with Crippen LogP contribution in [0, 0.1) is 0 Å². The number of para-hydroxylation sites is 2. The van der Waals surface area contributed by atoms with Crippen molar-refractivity contribution < 1.29 is 22.6 Å². The third-order valence-electron chi connectivity index (χ3n) is 4.87. The topological polar surface area (TPSA) is 68.3 Å². The van der Waals surface area contributed by atoms with E-state index in [2.05, 4.69) is 27.5 Å². The Morgan fingerprint density at radius 3 is 2.21 bits per heavy atom. The molecular weight excluding hydrogens is 445 g/mol. The van der Waals surface area contributed by atoms with Gasteiger partial charge in [-0.15, -0.1) is 0 Å². The Morgan fingerprint density at radius 2 is 1.53 bits per heavy atom. The van der Waals surface area contributed by atoms with Crippen molar-refractivity contribution in [1.82, 2.24) is 9.97 Å². The molecule has 34 heavy (non-hydrogen) atoms. The quantitative estimate of drug-likeness (QED) is 0.268. The molecule has 1 aromatic heterocycles. The lowest BCUT2D eigenvalue weighted by molar-refractivity contribution is -0.137. The van der Waals surface area contributed by atoms with Gasteiger partial charge in [-0.3, -0.25) is 0 Å². The third kappa shape index (κ3) is 7.26. The lowest BCUT2D eigenvalue weighted by Gasteiger charge is -2.17. The summed E-state index contributed by atoms with van der Waals surface area (Å²) < 4.78 is 52.3. The molecule has 0 saturated heterocycles. The van der Waals surface area contributed by atoms with Gasteiger partial charge in [-0.25, -0.2) is 4.98 Å². The van der Waals surface area contributed by atoms with Crippen molar-refractivity contribution in [3.05, 3.63) is 60.3 Å². The Labute approximate surface area is 197 Å². The van der Waals surface area contributed by atoms with Gasteiger partial charge in [0.15, 0.2) is 0 Å². The maximum absolute atomic E-state index is 13.6. The molecule has 0 fully saturated rings. The van der Waals surface area contributed by atoms with E-state index in [1.165, 1.54) is 0 Å². The molecule has 0 bridgehead atoms. The van der Waals surface area contributed by atoms with Gasteiger partial charge in [-0.1, -0.05) is 38.8 Å². The summed E-state index contributed by atoms with van der Waals surface area (Å²) in [7, 11) is 0. The van der Waals surface area contributed by atoms with Gasteiger partial charge < -0.3 is 20.1 Å². The minimum absolute atomic E-state index is 0.0273. The lowest BCUT2D eigenvalue weighted by atomic mass is 10.2. The Balaban J connectivity index is 1.81. The summed E-state index contributed by atoms with van der Waals surface area (Å²) in [6, 6.07) is 13.9. The SMILES string of the molecule is CCCCOc1ccc(Nc2ncc(C(F)(F)F)c(Nc3ccccc3OCCCC)n2)cc1. The van der Waals surface area contributed by atoms with Crippen LogP contribution in [0.5, 0.6) is 11.5 Å². The molecular formula is C25H29F3N4O2. The van der Waals surface area contributed by atoms with Gasteiger partial charge in [0.25, 0.3) is 0 Å². The van der Waals surface area contributed by atoms with Crippen LogP contribution in [-0.4, -0.2) is 23.2 Å². The summed E-state index contributed by atoms with van der Waals surface area (Å²) >= 11 is 0. The second-order valence-corrected chi connectivity index (χ2v) is 7.63. The van der Waals surface area contributed by atoms with Crippen LogP contribution in [0.25, 0.3) is 0 Å². The number of aromatic nitrogens is 2. The molecule has 182 valence electrons. The Bertz CT molecular complexity index is 1040. The Kier molecular flexibility index (Phi) is 8.95. The zero-order valence-electron chi connectivity index (χ0n) is 19.3. The fourth-order valence-electron chi connectivity index (χ4n) is 2.99. The van der Waals surface area contributed by atoms with Crippen LogP contribution in [0.4, 0.5) is 36.3 Å². The van der Waals surface area contributed by atoms with Crippen LogP contribution in [0.2, 0.25) is 0 Å². The molecule has 0 aliphatic carbocycles. The van der Waals surface area contributed by atoms with Gasteiger partial charge in [-0.05, 0) is 49.2 Å². The molecule has 0 atom stereocenters. The average molecular weight is 475 g/mol. The number of ether oxygens (including phenoxy) is 2.